The van der Waals surface area contributed by atoms with Gasteiger partial charge in [0, 0.05) is 6.20 Å². The van der Waals surface area contributed by atoms with E-state index >= 15 is 0 Å². The zero-order valence-corrected chi connectivity index (χ0v) is 13.3. The Kier molecular flexibility index (Phi) is 4.28. The lowest BCUT2D eigenvalue weighted by atomic mass is 10.5. The van der Waals surface area contributed by atoms with Crippen molar-refractivity contribution < 1.29 is 18.3 Å². The predicted octanol–water partition coefficient (Wildman–Crippen LogP) is 2.45. The third kappa shape index (κ3) is 3.26. The van der Waals surface area contributed by atoms with Crippen LogP contribution in [0.25, 0.3) is 0 Å². The minimum atomic E-state index is -4.01. The molecule has 0 saturated carbocycles. The van der Waals surface area contributed by atoms with Crippen LogP contribution in [0.1, 0.15) is 9.67 Å². The van der Waals surface area contributed by atoms with Crippen molar-refractivity contribution in [3.63, 3.8) is 0 Å². The van der Waals surface area contributed by atoms with Crippen molar-refractivity contribution in [2.45, 2.75) is 4.90 Å². The van der Waals surface area contributed by atoms with Gasteiger partial charge in [-0.2, -0.15) is 0 Å². The van der Waals surface area contributed by atoms with E-state index in [1.807, 2.05) is 0 Å². The van der Waals surface area contributed by atoms with Crippen LogP contribution < -0.4 is 4.72 Å². The van der Waals surface area contributed by atoms with E-state index in [1.165, 1.54) is 12.3 Å². The number of halogens is 2. The lowest BCUT2D eigenvalue weighted by Crippen LogP contribution is -2.14. The second kappa shape index (κ2) is 5.64. The molecule has 0 radical (unpaired) electrons. The molecule has 106 valence electrons. The lowest BCUT2D eigenvalue weighted by molar-refractivity contribution is 0.0702. The van der Waals surface area contributed by atoms with Gasteiger partial charge in [-0.25, -0.2) is 27.9 Å². The number of carboxylic acid groups (broad SMARTS) is 1. The average Bonchev–Trinajstić information content (AvgIpc) is 2.71. The first-order valence-electron chi connectivity index (χ1n) is 4.83. The molecule has 2 heterocycles. The summed E-state index contributed by atoms with van der Waals surface area (Å²) in [6, 6.07) is 2.44. The molecule has 2 rings (SSSR count). The van der Waals surface area contributed by atoms with E-state index in [-0.39, 0.29) is 24.7 Å². The summed E-state index contributed by atoms with van der Waals surface area (Å²) in [5.74, 6) is -1.41. The molecule has 2 N–H and O–H groups in total. The number of nitrogens with one attached hydrogen (secondary N) is 1. The van der Waals surface area contributed by atoms with Gasteiger partial charge in [0.1, 0.15) is 14.9 Å². The molecule has 0 atom stereocenters. The number of carbonyl (C=O) groups is 1. The zero-order chi connectivity index (χ0) is 14.9. The van der Waals surface area contributed by atoms with Gasteiger partial charge in [-0.1, -0.05) is 11.6 Å². The van der Waals surface area contributed by atoms with Crippen LogP contribution in [0.3, 0.4) is 0 Å². The van der Waals surface area contributed by atoms with Crippen LogP contribution in [0, 0.1) is 0 Å². The maximum Gasteiger partial charge on any atom is 0.345 e. The Hall–Kier alpha value is -1.23. The Bertz CT molecular complexity index is 777. The van der Waals surface area contributed by atoms with Crippen molar-refractivity contribution in [2.75, 3.05) is 4.72 Å². The fourth-order valence-electron chi connectivity index (χ4n) is 1.20. The number of hydrogen-bond donors (Lipinski definition) is 2. The Balaban J connectivity index is 2.38. The molecule has 0 saturated heterocycles. The van der Waals surface area contributed by atoms with Crippen LogP contribution in [0.5, 0.6) is 0 Å². The standard InChI is InChI=1S/C9H5BrClN3O4S2/c10-7-5(3-4(19-7)8(15)16)20(17,18)14-9-12-2-1-6(11)13-9/h1-3H,(H,15,16)(H,12,13,14). The molecule has 0 spiro atoms. The van der Waals surface area contributed by atoms with Gasteiger partial charge in [0.05, 0.1) is 3.79 Å². The van der Waals surface area contributed by atoms with Crippen LogP contribution >= 0.6 is 38.9 Å². The minimum Gasteiger partial charge on any atom is -0.477 e. The second-order valence-corrected chi connectivity index (χ2v) is 7.77. The maximum atomic E-state index is 12.1. The molecule has 0 unspecified atom stereocenters. The first kappa shape index (κ1) is 15.2. The van der Waals surface area contributed by atoms with Gasteiger partial charge in [0.2, 0.25) is 5.95 Å². The van der Waals surface area contributed by atoms with Gasteiger partial charge < -0.3 is 5.11 Å². The maximum absolute atomic E-state index is 12.1. The molecular weight excluding hydrogens is 394 g/mol. The van der Waals surface area contributed by atoms with Crippen molar-refractivity contribution >= 4 is 60.8 Å². The van der Waals surface area contributed by atoms with E-state index in [9.17, 15) is 13.2 Å². The topological polar surface area (TPSA) is 109 Å². The molecule has 0 aliphatic rings. The van der Waals surface area contributed by atoms with Crippen LogP contribution in [0.2, 0.25) is 5.15 Å². The molecular formula is C9H5BrClN3O4S2. The summed E-state index contributed by atoms with van der Waals surface area (Å²) in [5.41, 5.74) is 0. The fraction of sp³-hybridized carbons (Fsp3) is 0. The summed E-state index contributed by atoms with van der Waals surface area (Å²) < 4.78 is 26.5. The van der Waals surface area contributed by atoms with E-state index in [0.717, 1.165) is 17.4 Å². The SMILES string of the molecule is O=C(O)c1cc(S(=O)(=O)Nc2nccc(Cl)n2)c(Br)s1. The van der Waals surface area contributed by atoms with Crippen molar-refractivity contribution in [2.24, 2.45) is 0 Å². The highest BCUT2D eigenvalue weighted by Gasteiger charge is 2.24. The van der Waals surface area contributed by atoms with Crippen LogP contribution in [0.4, 0.5) is 5.95 Å². The normalized spacial score (nSPS) is 11.3. The number of hydrogen-bond acceptors (Lipinski definition) is 6. The van der Waals surface area contributed by atoms with Gasteiger partial charge in [-0.3, -0.25) is 0 Å². The van der Waals surface area contributed by atoms with E-state index in [1.54, 1.807) is 0 Å². The number of sulfonamides is 1. The van der Waals surface area contributed by atoms with E-state index in [0.29, 0.717) is 0 Å². The number of aromatic nitrogens is 2. The average molecular weight is 399 g/mol. The third-order valence-corrected chi connectivity index (χ3v) is 5.78. The monoisotopic (exact) mass is 397 g/mol. The third-order valence-electron chi connectivity index (χ3n) is 2.00. The smallest absolute Gasteiger partial charge is 0.345 e. The molecule has 7 nitrogen and oxygen atoms in total. The van der Waals surface area contributed by atoms with Crippen LogP contribution in [-0.4, -0.2) is 29.5 Å². The van der Waals surface area contributed by atoms with E-state index < -0.39 is 16.0 Å². The number of carboxylic acids is 1. The zero-order valence-electron chi connectivity index (χ0n) is 9.37. The van der Waals surface area contributed by atoms with Gasteiger partial charge in [0.25, 0.3) is 10.0 Å². The molecule has 0 aromatic carbocycles. The molecule has 11 heteroatoms. The Labute approximate surface area is 130 Å². The summed E-state index contributed by atoms with van der Waals surface area (Å²) in [6.45, 7) is 0. The fourth-order valence-corrected chi connectivity index (χ4v) is 4.69. The summed E-state index contributed by atoms with van der Waals surface area (Å²) in [6.07, 6.45) is 1.29. The van der Waals surface area contributed by atoms with Gasteiger partial charge in [-0.15, -0.1) is 11.3 Å². The highest BCUT2D eigenvalue weighted by Crippen LogP contribution is 2.32. The van der Waals surface area contributed by atoms with Gasteiger partial charge in [0.15, 0.2) is 0 Å². The van der Waals surface area contributed by atoms with Crippen molar-refractivity contribution in [3.05, 3.63) is 32.1 Å². The highest BCUT2D eigenvalue weighted by molar-refractivity contribution is 9.11. The predicted molar refractivity (Wildman–Crippen MR) is 76.8 cm³/mol. The van der Waals surface area contributed by atoms with Crippen molar-refractivity contribution in [1.82, 2.24) is 9.97 Å². The quantitative estimate of drug-likeness (QED) is 0.766. The summed E-state index contributed by atoms with van der Waals surface area (Å²) in [4.78, 5) is 17.9. The molecule has 0 aliphatic carbocycles. The molecule has 2 aromatic rings. The largest absolute Gasteiger partial charge is 0.477 e. The number of thiophene rings is 1. The number of anilines is 1. The Morgan fingerprint density at radius 3 is 2.75 bits per heavy atom. The summed E-state index contributed by atoms with van der Waals surface area (Å²) >= 11 is 9.44. The Morgan fingerprint density at radius 1 is 1.50 bits per heavy atom. The molecule has 20 heavy (non-hydrogen) atoms. The molecule has 2 aromatic heterocycles. The van der Waals surface area contributed by atoms with Crippen LogP contribution in [0.15, 0.2) is 27.0 Å². The van der Waals surface area contributed by atoms with Gasteiger partial charge >= 0.3 is 5.97 Å². The van der Waals surface area contributed by atoms with E-state index in [4.69, 9.17) is 16.7 Å². The number of aromatic carboxylic acids is 1. The minimum absolute atomic E-state index is 0.0771. The highest BCUT2D eigenvalue weighted by atomic mass is 79.9. The number of rotatable bonds is 4. The Morgan fingerprint density at radius 2 is 2.20 bits per heavy atom. The van der Waals surface area contributed by atoms with Crippen molar-refractivity contribution in [1.29, 1.82) is 0 Å². The van der Waals surface area contributed by atoms with Crippen LogP contribution in [-0.2, 0) is 10.0 Å². The lowest BCUT2D eigenvalue weighted by Gasteiger charge is -2.05. The molecule has 0 aliphatic heterocycles. The van der Waals surface area contributed by atoms with E-state index in [2.05, 4.69) is 30.6 Å². The van der Waals surface area contributed by atoms with Gasteiger partial charge in [-0.05, 0) is 28.1 Å². The molecule has 0 bridgehead atoms. The first-order chi connectivity index (χ1) is 9.29. The molecule has 0 amide bonds. The first-order valence-corrected chi connectivity index (χ1v) is 8.30. The van der Waals surface area contributed by atoms with Crippen molar-refractivity contribution in [3.8, 4) is 0 Å². The molecule has 0 fully saturated rings. The summed E-state index contributed by atoms with van der Waals surface area (Å²) in [7, 11) is -4.01. The summed E-state index contributed by atoms with van der Waals surface area (Å²) in [5, 5.41) is 8.92. The second-order valence-electron chi connectivity index (χ2n) is 3.36. The number of nitrogens with zero attached hydrogens (tertiary/aromatic N) is 2.